The summed E-state index contributed by atoms with van der Waals surface area (Å²) >= 11 is 0. The second-order valence-electron chi connectivity index (χ2n) is 6.92. The van der Waals surface area contributed by atoms with Crippen LogP contribution < -0.4 is 5.63 Å². The maximum absolute atomic E-state index is 12.0. The van der Waals surface area contributed by atoms with Crippen LogP contribution in [0.15, 0.2) is 27.4 Å². The molecule has 2 aromatic rings. The number of piperidine rings is 1. The molecule has 23 heavy (non-hydrogen) atoms. The number of rotatable bonds is 3. The van der Waals surface area contributed by atoms with E-state index in [2.05, 4.69) is 36.0 Å². The van der Waals surface area contributed by atoms with E-state index < -0.39 is 0 Å². The summed E-state index contributed by atoms with van der Waals surface area (Å²) in [5.74, 6) is 0. The van der Waals surface area contributed by atoms with Crippen LogP contribution in [0.4, 0.5) is 0 Å². The van der Waals surface area contributed by atoms with Gasteiger partial charge in [-0.15, -0.1) is 0 Å². The fourth-order valence-electron chi connectivity index (χ4n) is 3.49. The Bertz CT molecular complexity index is 758. The Hall–Kier alpha value is -1.65. The average Bonchev–Trinajstić information content (AvgIpc) is 2.52. The number of benzene rings is 1. The highest BCUT2D eigenvalue weighted by Gasteiger charge is 2.21. The lowest BCUT2D eigenvalue weighted by Crippen LogP contribution is -2.41. The Kier molecular flexibility index (Phi) is 4.55. The predicted octanol–water partition coefficient (Wildman–Crippen LogP) is 2.94. The zero-order chi connectivity index (χ0) is 16.6. The van der Waals surface area contributed by atoms with Crippen molar-refractivity contribution in [2.45, 2.75) is 39.3 Å². The summed E-state index contributed by atoms with van der Waals surface area (Å²) in [6, 6.07) is 6.43. The van der Waals surface area contributed by atoms with Gasteiger partial charge in [-0.3, -0.25) is 4.90 Å². The highest BCUT2D eigenvalue weighted by atomic mass is 16.4. The lowest BCUT2D eigenvalue weighted by molar-refractivity contribution is 0.139. The smallest absolute Gasteiger partial charge is 0.336 e. The Balaban J connectivity index is 1.91. The number of likely N-dealkylation sites (tertiary alicyclic amines) is 1. The summed E-state index contributed by atoms with van der Waals surface area (Å²) in [6.45, 7) is 7.14. The van der Waals surface area contributed by atoms with E-state index in [1.807, 2.05) is 13.8 Å². The van der Waals surface area contributed by atoms with E-state index in [4.69, 9.17) is 4.42 Å². The number of aryl methyl sites for hydroxylation is 2. The van der Waals surface area contributed by atoms with Crippen LogP contribution >= 0.6 is 0 Å². The van der Waals surface area contributed by atoms with E-state index in [1.54, 1.807) is 6.07 Å². The van der Waals surface area contributed by atoms with Crippen LogP contribution in [-0.4, -0.2) is 43.0 Å². The molecule has 4 heteroatoms. The van der Waals surface area contributed by atoms with E-state index in [0.29, 0.717) is 6.04 Å². The molecule has 0 atom stereocenters. The summed E-state index contributed by atoms with van der Waals surface area (Å²) in [7, 11) is 4.34. The molecule has 1 fully saturated rings. The predicted molar refractivity (Wildman–Crippen MR) is 93.9 cm³/mol. The SMILES string of the molecule is Cc1ccc2c(CN(C)C3CCN(C)CC3)cc(=O)oc2c1C. The Morgan fingerprint density at radius 3 is 2.65 bits per heavy atom. The normalized spacial score (nSPS) is 17.3. The quantitative estimate of drug-likeness (QED) is 0.816. The van der Waals surface area contributed by atoms with Gasteiger partial charge in [0.15, 0.2) is 0 Å². The van der Waals surface area contributed by atoms with Crippen molar-refractivity contribution in [3.63, 3.8) is 0 Å². The number of hydrogen-bond donors (Lipinski definition) is 0. The first kappa shape index (κ1) is 16.2. The largest absolute Gasteiger partial charge is 0.422 e. The molecule has 0 bridgehead atoms. The van der Waals surface area contributed by atoms with Crippen molar-refractivity contribution < 1.29 is 4.42 Å². The minimum absolute atomic E-state index is 0.252. The van der Waals surface area contributed by atoms with E-state index in [-0.39, 0.29) is 5.63 Å². The van der Waals surface area contributed by atoms with E-state index in [1.165, 1.54) is 12.8 Å². The maximum Gasteiger partial charge on any atom is 0.336 e. The molecule has 1 aromatic carbocycles. The fraction of sp³-hybridized carbons (Fsp3) is 0.526. The number of nitrogens with zero attached hydrogens (tertiary/aromatic N) is 2. The molecular formula is C19H26N2O2. The van der Waals surface area contributed by atoms with Gasteiger partial charge in [-0.05, 0) is 70.6 Å². The van der Waals surface area contributed by atoms with Crippen molar-refractivity contribution in [1.82, 2.24) is 9.80 Å². The molecule has 0 saturated carbocycles. The van der Waals surface area contributed by atoms with Crippen LogP contribution in [0, 0.1) is 13.8 Å². The van der Waals surface area contributed by atoms with Crippen LogP contribution in [0.2, 0.25) is 0 Å². The minimum Gasteiger partial charge on any atom is -0.422 e. The van der Waals surface area contributed by atoms with E-state index in [9.17, 15) is 4.79 Å². The molecule has 1 aliphatic heterocycles. The average molecular weight is 314 g/mol. The van der Waals surface area contributed by atoms with Crippen LogP contribution in [0.3, 0.4) is 0 Å². The lowest BCUT2D eigenvalue weighted by Gasteiger charge is -2.35. The third kappa shape index (κ3) is 3.33. The summed E-state index contributed by atoms with van der Waals surface area (Å²) in [4.78, 5) is 16.7. The van der Waals surface area contributed by atoms with Gasteiger partial charge < -0.3 is 9.32 Å². The Labute approximate surface area is 137 Å². The summed E-state index contributed by atoms with van der Waals surface area (Å²) in [6.07, 6.45) is 2.37. The van der Waals surface area contributed by atoms with Crippen molar-refractivity contribution in [2.75, 3.05) is 27.2 Å². The van der Waals surface area contributed by atoms with E-state index >= 15 is 0 Å². The highest BCUT2D eigenvalue weighted by Crippen LogP contribution is 2.25. The van der Waals surface area contributed by atoms with Gasteiger partial charge >= 0.3 is 5.63 Å². The molecule has 0 spiro atoms. The van der Waals surface area contributed by atoms with Crippen LogP contribution in [0.5, 0.6) is 0 Å². The maximum atomic E-state index is 12.0. The molecule has 3 rings (SSSR count). The molecule has 0 amide bonds. The Morgan fingerprint density at radius 2 is 1.96 bits per heavy atom. The first-order valence-corrected chi connectivity index (χ1v) is 8.37. The van der Waals surface area contributed by atoms with Crippen LogP contribution in [0.1, 0.15) is 29.5 Å². The third-order valence-corrected chi connectivity index (χ3v) is 5.25. The molecule has 124 valence electrons. The highest BCUT2D eigenvalue weighted by molar-refractivity contribution is 5.83. The van der Waals surface area contributed by atoms with Crippen LogP contribution in [0.25, 0.3) is 11.0 Å². The van der Waals surface area contributed by atoms with Gasteiger partial charge in [0.05, 0.1) is 0 Å². The van der Waals surface area contributed by atoms with Gasteiger partial charge in [-0.1, -0.05) is 12.1 Å². The molecule has 0 aliphatic carbocycles. The molecule has 0 radical (unpaired) electrons. The van der Waals surface area contributed by atoms with Gasteiger partial charge in [0, 0.05) is 24.0 Å². The van der Waals surface area contributed by atoms with Crippen molar-refractivity contribution in [2.24, 2.45) is 0 Å². The molecule has 4 nitrogen and oxygen atoms in total. The van der Waals surface area contributed by atoms with Gasteiger partial charge in [0.2, 0.25) is 0 Å². The molecule has 2 heterocycles. The van der Waals surface area contributed by atoms with Gasteiger partial charge in [-0.2, -0.15) is 0 Å². The van der Waals surface area contributed by atoms with Gasteiger partial charge in [0.25, 0.3) is 0 Å². The molecular weight excluding hydrogens is 288 g/mol. The summed E-state index contributed by atoms with van der Waals surface area (Å²) in [5.41, 5.74) is 3.77. The summed E-state index contributed by atoms with van der Waals surface area (Å²) in [5, 5.41) is 1.06. The fourth-order valence-corrected chi connectivity index (χ4v) is 3.49. The molecule has 0 N–H and O–H groups in total. The number of fused-ring (bicyclic) bond motifs is 1. The molecule has 1 aliphatic rings. The van der Waals surface area contributed by atoms with Gasteiger partial charge in [0.1, 0.15) is 5.58 Å². The zero-order valence-electron chi connectivity index (χ0n) is 14.6. The lowest BCUT2D eigenvalue weighted by atomic mass is 10.0. The van der Waals surface area contributed by atoms with Crippen LogP contribution in [-0.2, 0) is 6.54 Å². The minimum atomic E-state index is -0.252. The van der Waals surface area contributed by atoms with Crippen molar-refractivity contribution in [1.29, 1.82) is 0 Å². The Morgan fingerprint density at radius 1 is 1.26 bits per heavy atom. The van der Waals surface area contributed by atoms with Crippen molar-refractivity contribution >= 4 is 11.0 Å². The standard InChI is InChI=1S/C19H26N2O2/c1-13-5-6-17-15(11-18(22)23-19(17)14(13)2)12-21(4)16-7-9-20(3)10-8-16/h5-6,11,16H,7-10,12H2,1-4H3. The second kappa shape index (κ2) is 6.46. The van der Waals surface area contributed by atoms with Crippen molar-refractivity contribution in [3.05, 3.63) is 45.3 Å². The zero-order valence-corrected chi connectivity index (χ0v) is 14.6. The first-order chi connectivity index (χ1) is 11.0. The summed E-state index contributed by atoms with van der Waals surface area (Å²) < 4.78 is 5.47. The van der Waals surface area contributed by atoms with E-state index in [0.717, 1.165) is 47.3 Å². The van der Waals surface area contributed by atoms with Gasteiger partial charge in [-0.25, -0.2) is 4.79 Å². The molecule has 0 unspecified atom stereocenters. The first-order valence-electron chi connectivity index (χ1n) is 8.37. The molecule has 1 saturated heterocycles. The third-order valence-electron chi connectivity index (χ3n) is 5.25. The topological polar surface area (TPSA) is 36.7 Å². The van der Waals surface area contributed by atoms with Crippen molar-refractivity contribution in [3.8, 4) is 0 Å². The molecule has 1 aromatic heterocycles. The number of hydrogen-bond acceptors (Lipinski definition) is 4. The second-order valence-corrected chi connectivity index (χ2v) is 6.92. The monoisotopic (exact) mass is 314 g/mol.